The second-order valence-corrected chi connectivity index (χ2v) is 5.45. The van der Waals surface area contributed by atoms with Gasteiger partial charge in [0.2, 0.25) is 0 Å². The zero-order valence-electron chi connectivity index (χ0n) is 9.13. The van der Waals surface area contributed by atoms with Crippen molar-refractivity contribution in [3.8, 4) is 0 Å². The summed E-state index contributed by atoms with van der Waals surface area (Å²) in [5.74, 6) is 0. The van der Waals surface area contributed by atoms with Gasteiger partial charge in [0.25, 0.3) is 0 Å². The molecule has 0 aromatic carbocycles. The van der Waals surface area contributed by atoms with Gasteiger partial charge in [0.1, 0.15) is 0 Å². The van der Waals surface area contributed by atoms with Gasteiger partial charge in [-0.2, -0.15) is 13.1 Å². The van der Waals surface area contributed by atoms with Gasteiger partial charge in [-0.3, -0.25) is 0 Å². The fourth-order valence-electron chi connectivity index (χ4n) is 1.28. The molecule has 0 aromatic heterocycles. The van der Waals surface area contributed by atoms with E-state index in [2.05, 4.69) is 9.46 Å². The van der Waals surface area contributed by atoms with Crippen LogP contribution in [0.5, 0.6) is 0 Å². The summed E-state index contributed by atoms with van der Waals surface area (Å²) in [4.78, 5) is 11.0. The van der Waals surface area contributed by atoms with E-state index >= 15 is 0 Å². The predicted molar refractivity (Wildman–Crippen MR) is 55.8 cm³/mol. The molecule has 1 aliphatic carbocycles. The Labute approximate surface area is 94.4 Å². The van der Waals surface area contributed by atoms with Crippen molar-refractivity contribution in [3.05, 3.63) is 0 Å². The predicted octanol–water partition coefficient (Wildman–Crippen LogP) is -0.521. The molecular weight excluding hydrogens is 236 g/mol. The molecule has 0 atom stereocenters. The van der Waals surface area contributed by atoms with E-state index in [1.807, 2.05) is 0 Å². The topological polar surface area (TPSA) is 105 Å². The number of carbonyl (C=O) groups excluding carboxylic acids is 1. The van der Waals surface area contributed by atoms with E-state index in [1.165, 1.54) is 0 Å². The summed E-state index contributed by atoms with van der Waals surface area (Å²) in [6.45, 7) is 3.23. The first-order valence-electron chi connectivity index (χ1n) is 4.97. The zero-order valence-corrected chi connectivity index (χ0v) is 9.95. The number of carbonyl (C=O) groups is 1. The molecule has 94 valence electrons. The van der Waals surface area contributed by atoms with Crippen LogP contribution in [0.3, 0.4) is 0 Å². The summed E-state index contributed by atoms with van der Waals surface area (Å²) in [5.41, 5.74) is 0. The molecule has 16 heavy (non-hydrogen) atoms. The Kier molecular flexibility index (Phi) is 4.11. The molecule has 0 unspecified atom stereocenters. The van der Waals surface area contributed by atoms with Crippen LogP contribution in [0, 0.1) is 0 Å². The molecule has 0 bridgehead atoms. The first-order valence-corrected chi connectivity index (χ1v) is 6.45. The van der Waals surface area contributed by atoms with Crippen molar-refractivity contribution >= 4 is 16.3 Å². The van der Waals surface area contributed by atoms with Crippen molar-refractivity contribution in [2.24, 2.45) is 0 Å². The van der Waals surface area contributed by atoms with Crippen LogP contribution in [-0.2, 0) is 14.9 Å². The fraction of sp³-hybridized carbons (Fsp3) is 0.875. The number of rotatable bonds is 4. The van der Waals surface area contributed by atoms with Crippen molar-refractivity contribution in [1.82, 2.24) is 9.44 Å². The third-order valence-corrected chi connectivity index (χ3v) is 3.07. The molecule has 1 amide bonds. The van der Waals surface area contributed by atoms with E-state index in [9.17, 15) is 13.2 Å². The molecule has 0 radical (unpaired) electrons. The minimum Gasteiger partial charge on any atom is -0.446 e. The summed E-state index contributed by atoms with van der Waals surface area (Å²) in [7, 11) is -3.90. The van der Waals surface area contributed by atoms with Crippen LogP contribution < -0.4 is 9.44 Å². The molecule has 0 aromatic rings. The molecule has 7 nitrogen and oxygen atoms in total. The zero-order chi connectivity index (χ0) is 12.3. The Bertz CT molecular complexity index is 347. The van der Waals surface area contributed by atoms with Crippen LogP contribution in [0.25, 0.3) is 0 Å². The normalized spacial score (nSPS) is 25.0. The van der Waals surface area contributed by atoms with Crippen LogP contribution in [0.1, 0.15) is 26.7 Å². The Morgan fingerprint density at radius 3 is 2.44 bits per heavy atom. The number of hydrogen-bond acceptors (Lipinski definition) is 5. The SMILES string of the molecule is CC(C)OC(=O)NS(=O)(=O)NC1CC(O)C1. The van der Waals surface area contributed by atoms with E-state index < -0.39 is 22.4 Å². The van der Waals surface area contributed by atoms with Gasteiger partial charge in [-0.15, -0.1) is 0 Å². The summed E-state index contributed by atoms with van der Waals surface area (Å²) in [6.07, 6.45) is -1.14. The molecule has 1 rings (SSSR count). The fourth-order valence-corrected chi connectivity index (χ4v) is 2.24. The van der Waals surface area contributed by atoms with Crippen molar-refractivity contribution in [3.63, 3.8) is 0 Å². The van der Waals surface area contributed by atoms with Gasteiger partial charge < -0.3 is 9.84 Å². The highest BCUT2D eigenvalue weighted by Crippen LogP contribution is 2.19. The highest BCUT2D eigenvalue weighted by Gasteiger charge is 2.31. The molecule has 0 saturated heterocycles. The molecule has 1 fully saturated rings. The summed E-state index contributed by atoms with van der Waals surface area (Å²) in [6, 6.07) is -0.320. The third kappa shape index (κ3) is 4.33. The smallest absolute Gasteiger partial charge is 0.422 e. The monoisotopic (exact) mass is 252 g/mol. The van der Waals surface area contributed by atoms with Crippen LogP contribution in [0.2, 0.25) is 0 Å². The van der Waals surface area contributed by atoms with Gasteiger partial charge in [0, 0.05) is 6.04 Å². The van der Waals surface area contributed by atoms with E-state index in [4.69, 9.17) is 5.11 Å². The third-order valence-electron chi connectivity index (χ3n) is 2.00. The summed E-state index contributed by atoms with van der Waals surface area (Å²) in [5, 5.41) is 8.97. The molecule has 8 heteroatoms. The minimum absolute atomic E-state index is 0.320. The van der Waals surface area contributed by atoms with E-state index in [0.717, 1.165) is 0 Å². The highest BCUT2D eigenvalue weighted by molar-refractivity contribution is 7.88. The van der Waals surface area contributed by atoms with Crippen LogP contribution in [0.4, 0.5) is 4.79 Å². The van der Waals surface area contributed by atoms with E-state index in [0.29, 0.717) is 12.8 Å². The second-order valence-electron chi connectivity index (χ2n) is 4.00. The lowest BCUT2D eigenvalue weighted by atomic mass is 9.91. The first kappa shape index (κ1) is 13.2. The minimum atomic E-state index is -3.90. The molecule has 3 N–H and O–H groups in total. The molecule has 0 spiro atoms. The largest absolute Gasteiger partial charge is 0.446 e. The van der Waals surface area contributed by atoms with Crippen molar-refractivity contribution in [1.29, 1.82) is 0 Å². The molecular formula is C8H16N2O5S. The number of nitrogens with one attached hydrogen (secondary N) is 2. The average molecular weight is 252 g/mol. The van der Waals surface area contributed by atoms with Gasteiger partial charge >= 0.3 is 16.3 Å². The number of aliphatic hydroxyl groups is 1. The van der Waals surface area contributed by atoms with Crippen LogP contribution in [0.15, 0.2) is 0 Å². The lowest BCUT2D eigenvalue weighted by Crippen LogP contribution is -2.51. The summed E-state index contributed by atoms with van der Waals surface area (Å²) < 4.78 is 31.2. The Balaban J connectivity index is 2.37. The van der Waals surface area contributed by atoms with Gasteiger partial charge in [0.15, 0.2) is 0 Å². The van der Waals surface area contributed by atoms with Crippen molar-refractivity contribution in [2.45, 2.75) is 44.9 Å². The first-order chi connectivity index (χ1) is 7.28. The lowest BCUT2D eigenvalue weighted by molar-refractivity contribution is 0.0710. The Hall–Kier alpha value is -0.860. The standard InChI is InChI=1S/C8H16N2O5S/c1-5(2)15-8(12)10-16(13,14)9-6-3-7(11)4-6/h5-7,9,11H,3-4H2,1-2H3,(H,10,12). The maximum Gasteiger partial charge on any atom is 0.422 e. The van der Waals surface area contributed by atoms with Crippen LogP contribution in [-0.4, -0.2) is 37.9 Å². The molecule has 0 aliphatic heterocycles. The van der Waals surface area contributed by atoms with Crippen molar-refractivity contribution in [2.75, 3.05) is 0 Å². The van der Waals surface area contributed by atoms with E-state index in [-0.39, 0.29) is 12.1 Å². The molecule has 1 saturated carbocycles. The highest BCUT2D eigenvalue weighted by atomic mass is 32.2. The maximum atomic E-state index is 11.3. The van der Waals surface area contributed by atoms with E-state index in [1.54, 1.807) is 18.6 Å². The maximum absolute atomic E-state index is 11.3. The van der Waals surface area contributed by atoms with Gasteiger partial charge in [-0.1, -0.05) is 0 Å². The Morgan fingerprint density at radius 1 is 1.44 bits per heavy atom. The number of ether oxygens (including phenoxy) is 1. The number of aliphatic hydroxyl groups excluding tert-OH is 1. The van der Waals surface area contributed by atoms with Gasteiger partial charge in [0.05, 0.1) is 12.2 Å². The number of amides is 1. The molecule has 1 aliphatic rings. The second kappa shape index (κ2) is 4.98. The van der Waals surface area contributed by atoms with Gasteiger partial charge in [-0.25, -0.2) is 9.52 Å². The summed E-state index contributed by atoms with van der Waals surface area (Å²) >= 11 is 0. The Morgan fingerprint density at radius 2 is 2.00 bits per heavy atom. The number of hydrogen-bond donors (Lipinski definition) is 3. The molecule has 0 heterocycles. The van der Waals surface area contributed by atoms with Gasteiger partial charge in [-0.05, 0) is 26.7 Å². The quantitative estimate of drug-likeness (QED) is 0.624. The lowest BCUT2D eigenvalue weighted by Gasteiger charge is -2.31. The van der Waals surface area contributed by atoms with Crippen molar-refractivity contribution < 1.29 is 23.1 Å². The average Bonchev–Trinajstić information content (AvgIpc) is 1.96. The van der Waals surface area contributed by atoms with Crippen LogP contribution >= 0.6 is 0 Å².